The molecule has 1 aromatic carbocycles. The third-order valence-electron chi connectivity index (χ3n) is 5.59. The van der Waals surface area contributed by atoms with Gasteiger partial charge in [0.25, 0.3) is 5.91 Å². The summed E-state index contributed by atoms with van der Waals surface area (Å²) in [5.41, 5.74) is 4.70. The maximum Gasteiger partial charge on any atom is 0.255 e. The Bertz CT molecular complexity index is 1100. The highest BCUT2D eigenvalue weighted by molar-refractivity contribution is 6.05. The molecule has 6 heteroatoms. The molecule has 6 nitrogen and oxygen atoms in total. The summed E-state index contributed by atoms with van der Waals surface area (Å²) in [6, 6.07) is 12.6. The van der Waals surface area contributed by atoms with Gasteiger partial charge in [-0.2, -0.15) is 4.58 Å². The number of hydrogen-bond donors (Lipinski definition) is 2. The Kier molecular flexibility index (Phi) is 4.69. The molecule has 2 aromatic heterocycles. The van der Waals surface area contributed by atoms with Crippen LogP contribution in [0.2, 0.25) is 0 Å². The molecule has 2 aliphatic rings. The predicted octanol–water partition coefficient (Wildman–Crippen LogP) is 2.81. The summed E-state index contributed by atoms with van der Waals surface area (Å²) in [7, 11) is 0. The van der Waals surface area contributed by atoms with Gasteiger partial charge in [-0.3, -0.25) is 9.78 Å². The number of fused-ring (bicyclic) bond motifs is 1. The van der Waals surface area contributed by atoms with Crippen molar-refractivity contribution >= 4 is 28.8 Å². The SMILES string of the molecule is O=C(NC1CCCNC1)c1cn(Cc2ccc([N+]3=CC=C3)cc2)c2cccnc12. The average Bonchev–Trinajstić information content (AvgIpc) is 3.08. The fourth-order valence-electron chi connectivity index (χ4n) is 3.97. The largest absolute Gasteiger partial charge is 0.348 e. The van der Waals surface area contributed by atoms with Gasteiger partial charge in [0.2, 0.25) is 5.69 Å². The molecule has 1 fully saturated rings. The first kappa shape index (κ1) is 17.8. The third-order valence-corrected chi connectivity index (χ3v) is 5.59. The van der Waals surface area contributed by atoms with Crippen LogP contribution < -0.4 is 10.6 Å². The topological polar surface area (TPSA) is 62.0 Å². The standard InChI is InChI=1S/C23H23N5O/c29-23(26-18-4-1-10-24-14-18)20-16-28(21-5-2-11-25-22(20)21)15-17-6-8-19(9-7-17)27-12-3-13-27/h2-3,5-9,11-13,16,18,24H,1,4,10,14-15H2/p+1. The second kappa shape index (κ2) is 7.64. The van der Waals surface area contributed by atoms with Gasteiger partial charge in [-0.05, 0) is 37.1 Å². The molecule has 0 radical (unpaired) electrons. The molecule has 2 aliphatic heterocycles. The minimum atomic E-state index is -0.0448. The summed E-state index contributed by atoms with van der Waals surface area (Å²) >= 11 is 0. The van der Waals surface area contributed by atoms with E-state index in [-0.39, 0.29) is 11.9 Å². The van der Waals surface area contributed by atoms with Crippen LogP contribution in [0, 0.1) is 0 Å². The Hall–Kier alpha value is -3.25. The molecular weight excluding hydrogens is 362 g/mol. The van der Waals surface area contributed by atoms with Gasteiger partial charge >= 0.3 is 0 Å². The van der Waals surface area contributed by atoms with Crippen molar-refractivity contribution in [3.8, 4) is 0 Å². The van der Waals surface area contributed by atoms with Crippen LogP contribution >= 0.6 is 0 Å². The quantitative estimate of drug-likeness (QED) is 0.663. The monoisotopic (exact) mass is 386 g/mol. The summed E-state index contributed by atoms with van der Waals surface area (Å²) < 4.78 is 4.20. The first-order chi connectivity index (χ1) is 14.3. The van der Waals surface area contributed by atoms with Gasteiger partial charge in [0.05, 0.1) is 17.2 Å². The number of carbonyl (C=O) groups excluding carboxylic acids is 1. The first-order valence-electron chi connectivity index (χ1n) is 10.1. The first-order valence-corrected chi connectivity index (χ1v) is 10.1. The summed E-state index contributed by atoms with van der Waals surface area (Å²) in [5.74, 6) is -0.0448. The number of carbonyl (C=O) groups is 1. The highest BCUT2D eigenvalue weighted by atomic mass is 16.1. The van der Waals surface area contributed by atoms with Crippen LogP contribution in [0.25, 0.3) is 11.0 Å². The zero-order valence-corrected chi connectivity index (χ0v) is 16.2. The highest BCUT2D eigenvalue weighted by Crippen LogP contribution is 2.22. The Morgan fingerprint density at radius 1 is 1.28 bits per heavy atom. The third kappa shape index (κ3) is 3.59. The fourth-order valence-corrected chi connectivity index (χ4v) is 3.97. The van der Waals surface area contributed by atoms with Gasteiger partial charge in [0.1, 0.15) is 5.52 Å². The van der Waals surface area contributed by atoms with E-state index in [0.717, 1.165) is 42.7 Å². The number of aromatic nitrogens is 2. The van der Waals surface area contributed by atoms with Crippen LogP contribution in [0.4, 0.5) is 5.69 Å². The minimum absolute atomic E-state index is 0.0448. The molecule has 146 valence electrons. The number of allylic oxidation sites excluding steroid dienone is 1. The van der Waals surface area contributed by atoms with Crippen molar-refractivity contribution in [2.45, 2.75) is 25.4 Å². The van der Waals surface area contributed by atoms with Crippen LogP contribution in [0.5, 0.6) is 0 Å². The Labute approximate surface area is 169 Å². The van der Waals surface area contributed by atoms with E-state index >= 15 is 0 Å². The van der Waals surface area contributed by atoms with E-state index in [1.807, 2.05) is 36.8 Å². The summed E-state index contributed by atoms with van der Waals surface area (Å²) in [4.78, 5) is 17.4. The highest BCUT2D eigenvalue weighted by Gasteiger charge is 2.21. The molecule has 0 saturated carbocycles. The fraction of sp³-hybridized carbons (Fsp3) is 0.261. The van der Waals surface area contributed by atoms with E-state index in [1.54, 1.807) is 6.20 Å². The molecule has 1 atom stereocenters. The van der Waals surface area contributed by atoms with E-state index in [4.69, 9.17) is 0 Å². The molecule has 2 N–H and O–H groups in total. The molecule has 1 amide bonds. The zero-order valence-electron chi connectivity index (χ0n) is 16.2. The number of pyridine rings is 1. The molecule has 29 heavy (non-hydrogen) atoms. The van der Waals surface area contributed by atoms with Crippen molar-refractivity contribution in [1.29, 1.82) is 0 Å². The number of amides is 1. The molecular formula is C23H24N5O+. The Balaban J connectivity index is 1.40. The lowest BCUT2D eigenvalue weighted by molar-refractivity contribution is -0.364. The van der Waals surface area contributed by atoms with Gasteiger partial charge in [0.15, 0.2) is 12.4 Å². The van der Waals surface area contributed by atoms with E-state index in [0.29, 0.717) is 12.1 Å². The summed E-state index contributed by atoms with van der Waals surface area (Å²) in [5, 5.41) is 6.51. The lowest BCUT2D eigenvalue weighted by atomic mass is 10.1. The lowest BCUT2D eigenvalue weighted by Gasteiger charge is -2.23. The average molecular weight is 386 g/mol. The number of benzene rings is 1. The van der Waals surface area contributed by atoms with Crippen molar-refractivity contribution in [2.24, 2.45) is 0 Å². The van der Waals surface area contributed by atoms with Crippen molar-refractivity contribution < 1.29 is 9.37 Å². The molecule has 3 aromatic rings. The number of rotatable bonds is 5. The summed E-state index contributed by atoms with van der Waals surface area (Å²) in [6.07, 6.45) is 11.9. The van der Waals surface area contributed by atoms with E-state index in [2.05, 4.69) is 49.0 Å². The number of piperidine rings is 1. The van der Waals surface area contributed by atoms with Crippen LogP contribution in [0.15, 0.2) is 61.1 Å². The molecule has 4 heterocycles. The molecule has 0 spiro atoms. The number of hydrogen-bond acceptors (Lipinski definition) is 3. The van der Waals surface area contributed by atoms with Crippen LogP contribution in [-0.2, 0) is 6.54 Å². The van der Waals surface area contributed by atoms with Crippen molar-refractivity contribution in [3.63, 3.8) is 0 Å². The zero-order chi connectivity index (χ0) is 19.6. The molecule has 1 saturated heterocycles. The lowest BCUT2D eigenvalue weighted by Crippen LogP contribution is -2.45. The van der Waals surface area contributed by atoms with Gasteiger partial charge in [-0.15, -0.1) is 0 Å². The van der Waals surface area contributed by atoms with Crippen LogP contribution in [0.3, 0.4) is 0 Å². The maximum absolute atomic E-state index is 12.9. The van der Waals surface area contributed by atoms with Gasteiger partial charge < -0.3 is 15.2 Å². The van der Waals surface area contributed by atoms with E-state index < -0.39 is 0 Å². The van der Waals surface area contributed by atoms with Gasteiger partial charge in [-0.25, -0.2) is 0 Å². The molecule has 1 unspecified atom stereocenters. The maximum atomic E-state index is 12.9. The summed E-state index contributed by atoms with van der Waals surface area (Å²) in [6.45, 7) is 2.55. The second-order valence-corrected chi connectivity index (χ2v) is 7.62. The van der Waals surface area contributed by atoms with E-state index in [1.165, 1.54) is 5.56 Å². The van der Waals surface area contributed by atoms with Crippen molar-refractivity contribution in [3.05, 3.63) is 72.2 Å². The van der Waals surface area contributed by atoms with Crippen molar-refractivity contribution in [1.82, 2.24) is 20.2 Å². The predicted molar refractivity (Wildman–Crippen MR) is 114 cm³/mol. The van der Waals surface area contributed by atoms with Gasteiger partial charge in [0, 0.05) is 43.7 Å². The smallest absolute Gasteiger partial charge is 0.255 e. The van der Waals surface area contributed by atoms with Crippen LogP contribution in [0.1, 0.15) is 28.8 Å². The molecule has 5 rings (SSSR count). The molecule has 0 aliphatic carbocycles. The van der Waals surface area contributed by atoms with Crippen LogP contribution in [-0.4, -0.2) is 45.4 Å². The van der Waals surface area contributed by atoms with Crippen molar-refractivity contribution in [2.75, 3.05) is 13.1 Å². The number of nitrogens with one attached hydrogen (secondary N) is 2. The van der Waals surface area contributed by atoms with E-state index in [9.17, 15) is 4.79 Å². The number of nitrogens with zero attached hydrogens (tertiary/aromatic N) is 3. The Morgan fingerprint density at radius 2 is 2.14 bits per heavy atom. The Morgan fingerprint density at radius 3 is 2.86 bits per heavy atom. The second-order valence-electron chi connectivity index (χ2n) is 7.62. The minimum Gasteiger partial charge on any atom is -0.348 e. The molecule has 0 bridgehead atoms. The van der Waals surface area contributed by atoms with Gasteiger partial charge in [-0.1, -0.05) is 12.1 Å². The normalized spacial score (nSPS) is 18.3.